The van der Waals surface area contributed by atoms with E-state index in [1.807, 2.05) is 17.8 Å². The fourth-order valence-corrected chi connectivity index (χ4v) is 3.01. The number of aryl methyl sites for hydroxylation is 3. The second kappa shape index (κ2) is 6.64. The van der Waals surface area contributed by atoms with Crippen LogP contribution in [0.4, 0.5) is 0 Å². The molecule has 3 rings (SSSR count). The van der Waals surface area contributed by atoms with Crippen molar-refractivity contribution in [2.75, 3.05) is 6.54 Å². The molecule has 118 valence electrons. The van der Waals surface area contributed by atoms with Gasteiger partial charge in [0.2, 0.25) is 0 Å². The molecule has 0 atom stereocenters. The molecule has 7 heteroatoms. The van der Waals surface area contributed by atoms with Crippen LogP contribution >= 0.6 is 15.9 Å². The molecule has 0 aliphatic heterocycles. The lowest BCUT2D eigenvalue weighted by Gasteiger charge is -2.09. The minimum absolute atomic E-state index is 0.135. The minimum Gasteiger partial charge on any atom is -0.360 e. The third-order valence-corrected chi connectivity index (χ3v) is 4.68. The van der Waals surface area contributed by atoms with Gasteiger partial charge in [0.05, 0.1) is 10.2 Å². The predicted octanol–water partition coefficient (Wildman–Crippen LogP) is 2.64. The maximum absolute atomic E-state index is 12.2. The molecule has 22 heavy (non-hydrogen) atoms. The lowest BCUT2D eigenvalue weighted by molar-refractivity contribution is 0.0942. The molecule has 0 fully saturated rings. The summed E-state index contributed by atoms with van der Waals surface area (Å²) >= 11 is 3.44. The molecule has 0 radical (unpaired) electrons. The first-order valence-electron chi connectivity index (χ1n) is 7.60. The van der Waals surface area contributed by atoms with Crippen LogP contribution in [0, 0.1) is 6.92 Å². The van der Waals surface area contributed by atoms with Gasteiger partial charge in [-0.25, -0.2) is 0 Å². The van der Waals surface area contributed by atoms with E-state index in [4.69, 9.17) is 4.52 Å². The number of rotatable bonds is 5. The van der Waals surface area contributed by atoms with Crippen molar-refractivity contribution in [1.82, 2.24) is 20.3 Å². The van der Waals surface area contributed by atoms with Gasteiger partial charge in [0.15, 0.2) is 5.69 Å². The molecule has 0 aromatic carbocycles. The smallest absolute Gasteiger partial charge is 0.273 e. The van der Waals surface area contributed by atoms with Gasteiger partial charge in [-0.3, -0.25) is 9.48 Å². The third kappa shape index (κ3) is 3.24. The van der Waals surface area contributed by atoms with Crippen LogP contribution in [0.3, 0.4) is 0 Å². The van der Waals surface area contributed by atoms with Gasteiger partial charge in [-0.1, -0.05) is 5.16 Å². The van der Waals surface area contributed by atoms with E-state index < -0.39 is 0 Å². The van der Waals surface area contributed by atoms with Crippen LogP contribution in [-0.4, -0.2) is 27.4 Å². The fraction of sp³-hybridized carbons (Fsp3) is 0.533. The highest BCUT2D eigenvalue weighted by Gasteiger charge is 2.23. The summed E-state index contributed by atoms with van der Waals surface area (Å²) in [5, 5.41) is 11.2. The minimum atomic E-state index is -0.135. The lowest BCUT2D eigenvalue weighted by Crippen LogP contribution is -2.26. The summed E-state index contributed by atoms with van der Waals surface area (Å²) in [5.41, 5.74) is 2.43. The molecule has 0 bridgehead atoms. The van der Waals surface area contributed by atoms with Gasteiger partial charge in [-0.2, -0.15) is 5.10 Å². The molecule has 6 nitrogen and oxygen atoms in total. The summed E-state index contributed by atoms with van der Waals surface area (Å²) in [5.74, 6) is 0.748. The van der Waals surface area contributed by atoms with E-state index in [0.717, 1.165) is 60.1 Å². The Morgan fingerprint density at radius 2 is 2.27 bits per heavy atom. The number of aromatic nitrogens is 3. The molecule has 1 N–H and O–H groups in total. The van der Waals surface area contributed by atoms with Crippen molar-refractivity contribution in [1.29, 1.82) is 0 Å². The second-order valence-corrected chi connectivity index (χ2v) is 6.43. The first-order valence-corrected chi connectivity index (χ1v) is 8.39. The van der Waals surface area contributed by atoms with E-state index in [0.29, 0.717) is 12.2 Å². The molecule has 1 aliphatic rings. The third-order valence-electron chi connectivity index (χ3n) is 3.90. The number of carbonyl (C=O) groups is 1. The average Bonchev–Trinajstić information content (AvgIpc) is 3.07. The van der Waals surface area contributed by atoms with Crippen LogP contribution in [0.2, 0.25) is 0 Å². The molecule has 2 aromatic heterocycles. The molecule has 1 aliphatic carbocycles. The Hall–Kier alpha value is -1.63. The first-order chi connectivity index (χ1) is 10.6. The number of amides is 1. The van der Waals surface area contributed by atoms with Crippen LogP contribution in [-0.2, 0) is 19.4 Å². The standard InChI is InChI=1S/C15H19BrN4O2/c1-10-12(16)9-20(18-10)8-4-7-17-15(21)14-11-5-2-3-6-13(11)22-19-14/h9H,2-8H2,1H3,(H,17,21). The molecule has 2 heterocycles. The topological polar surface area (TPSA) is 73.0 Å². The number of hydrogen-bond acceptors (Lipinski definition) is 4. The van der Waals surface area contributed by atoms with Gasteiger partial charge in [-0.05, 0) is 48.5 Å². The average molecular weight is 367 g/mol. The van der Waals surface area contributed by atoms with Crippen LogP contribution in [0.25, 0.3) is 0 Å². The predicted molar refractivity (Wildman–Crippen MR) is 84.8 cm³/mol. The van der Waals surface area contributed by atoms with E-state index in [2.05, 4.69) is 31.5 Å². The van der Waals surface area contributed by atoms with Gasteiger partial charge in [-0.15, -0.1) is 0 Å². The molecule has 2 aromatic rings. The van der Waals surface area contributed by atoms with Crippen LogP contribution < -0.4 is 5.32 Å². The van der Waals surface area contributed by atoms with Crippen LogP contribution in [0.5, 0.6) is 0 Å². The largest absolute Gasteiger partial charge is 0.360 e. The lowest BCUT2D eigenvalue weighted by atomic mass is 9.96. The SMILES string of the molecule is Cc1nn(CCCNC(=O)c2noc3c2CCCC3)cc1Br. The van der Waals surface area contributed by atoms with Crippen molar-refractivity contribution in [2.24, 2.45) is 0 Å². The quantitative estimate of drug-likeness (QED) is 0.825. The Morgan fingerprint density at radius 3 is 3.05 bits per heavy atom. The van der Waals surface area contributed by atoms with Crippen molar-refractivity contribution in [2.45, 2.75) is 45.6 Å². The number of hydrogen-bond donors (Lipinski definition) is 1. The number of carbonyl (C=O) groups excluding carboxylic acids is 1. The Balaban J connectivity index is 1.49. The fourth-order valence-electron chi connectivity index (χ4n) is 2.70. The van der Waals surface area contributed by atoms with Crippen molar-refractivity contribution >= 4 is 21.8 Å². The van der Waals surface area contributed by atoms with E-state index in [-0.39, 0.29) is 5.91 Å². The zero-order chi connectivity index (χ0) is 15.5. The van der Waals surface area contributed by atoms with Gasteiger partial charge >= 0.3 is 0 Å². The Morgan fingerprint density at radius 1 is 1.45 bits per heavy atom. The zero-order valence-electron chi connectivity index (χ0n) is 12.6. The number of nitrogens with zero attached hydrogens (tertiary/aromatic N) is 3. The number of fused-ring (bicyclic) bond motifs is 1. The summed E-state index contributed by atoms with van der Waals surface area (Å²) in [6, 6.07) is 0. The maximum Gasteiger partial charge on any atom is 0.273 e. The summed E-state index contributed by atoms with van der Waals surface area (Å²) in [6.45, 7) is 3.32. The van der Waals surface area contributed by atoms with Crippen molar-refractivity contribution in [3.8, 4) is 0 Å². The van der Waals surface area contributed by atoms with Gasteiger partial charge in [0, 0.05) is 31.3 Å². The monoisotopic (exact) mass is 366 g/mol. The molecule has 0 saturated carbocycles. The normalized spacial score (nSPS) is 13.9. The van der Waals surface area contributed by atoms with E-state index in [9.17, 15) is 4.79 Å². The Kier molecular flexibility index (Phi) is 4.61. The number of halogens is 1. The Labute approximate surface area is 137 Å². The molecule has 1 amide bonds. The highest BCUT2D eigenvalue weighted by Crippen LogP contribution is 2.24. The summed E-state index contributed by atoms with van der Waals surface area (Å²) in [4.78, 5) is 12.2. The first kappa shape index (κ1) is 15.3. The van der Waals surface area contributed by atoms with E-state index in [1.165, 1.54) is 0 Å². The Bertz CT molecular complexity index is 658. The van der Waals surface area contributed by atoms with Crippen molar-refractivity contribution in [3.05, 3.63) is 33.4 Å². The van der Waals surface area contributed by atoms with E-state index in [1.54, 1.807) is 0 Å². The highest BCUT2D eigenvalue weighted by atomic mass is 79.9. The van der Waals surface area contributed by atoms with Gasteiger partial charge in [0.1, 0.15) is 5.76 Å². The summed E-state index contributed by atoms with van der Waals surface area (Å²) < 4.78 is 8.15. The molecule has 0 saturated heterocycles. The molecular formula is C15H19BrN4O2. The summed E-state index contributed by atoms with van der Waals surface area (Å²) in [6.07, 6.45) is 6.76. The van der Waals surface area contributed by atoms with Crippen LogP contribution in [0.15, 0.2) is 15.2 Å². The highest BCUT2D eigenvalue weighted by molar-refractivity contribution is 9.10. The number of nitrogens with one attached hydrogen (secondary N) is 1. The van der Waals surface area contributed by atoms with Crippen molar-refractivity contribution < 1.29 is 9.32 Å². The zero-order valence-corrected chi connectivity index (χ0v) is 14.1. The maximum atomic E-state index is 12.2. The van der Waals surface area contributed by atoms with Crippen LogP contribution in [0.1, 0.15) is 46.8 Å². The molecule has 0 spiro atoms. The summed E-state index contributed by atoms with van der Waals surface area (Å²) in [7, 11) is 0. The molecular weight excluding hydrogens is 348 g/mol. The second-order valence-electron chi connectivity index (χ2n) is 5.57. The van der Waals surface area contributed by atoms with Gasteiger partial charge in [0.25, 0.3) is 5.91 Å². The van der Waals surface area contributed by atoms with Crippen molar-refractivity contribution in [3.63, 3.8) is 0 Å². The van der Waals surface area contributed by atoms with E-state index >= 15 is 0 Å². The molecule has 0 unspecified atom stereocenters. The van der Waals surface area contributed by atoms with Gasteiger partial charge < -0.3 is 9.84 Å².